The maximum absolute atomic E-state index is 6.07. The number of rotatable bonds is 3. The van der Waals surface area contributed by atoms with Crippen molar-refractivity contribution in [2.45, 2.75) is 13.8 Å². The minimum Gasteiger partial charge on any atom is -0.331 e. The molecule has 20 heavy (non-hydrogen) atoms. The highest BCUT2D eigenvalue weighted by molar-refractivity contribution is 7.80. The molecular weight excluding hydrogens is 290 g/mol. The molecule has 0 atom stereocenters. The van der Waals surface area contributed by atoms with Crippen molar-refractivity contribution < 1.29 is 0 Å². The largest absolute Gasteiger partial charge is 0.331 e. The van der Waals surface area contributed by atoms with Crippen LogP contribution in [0.25, 0.3) is 0 Å². The number of hydrogen-bond donors (Lipinski definition) is 3. The molecule has 0 bridgehead atoms. The van der Waals surface area contributed by atoms with Crippen molar-refractivity contribution in [2.24, 2.45) is 0 Å². The van der Waals surface area contributed by atoms with E-state index in [0.717, 1.165) is 22.5 Å². The molecule has 0 saturated heterocycles. The fourth-order valence-electron chi connectivity index (χ4n) is 1.67. The van der Waals surface area contributed by atoms with Crippen molar-refractivity contribution in [1.29, 1.82) is 0 Å². The lowest BCUT2D eigenvalue weighted by Crippen LogP contribution is -2.33. The molecule has 0 spiro atoms. The molecular formula is C15H16ClN3S. The normalized spacial score (nSPS) is 9.95. The van der Waals surface area contributed by atoms with Crippen molar-refractivity contribution in [2.75, 3.05) is 10.7 Å². The third kappa shape index (κ3) is 3.85. The molecule has 5 heteroatoms. The summed E-state index contributed by atoms with van der Waals surface area (Å²) >= 11 is 11.3. The first-order valence-electron chi connectivity index (χ1n) is 6.21. The van der Waals surface area contributed by atoms with Gasteiger partial charge in [0.25, 0.3) is 0 Å². The Morgan fingerprint density at radius 3 is 2.50 bits per heavy atom. The fourth-order valence-corrected chi connectivity index (χ4v) is 2.02. The van der Waals surface area contributed by atoms with Gasteiger partial charge < -0.3 is 5.32 Å². The van der Waals surface area contributed by atoms with Crippen molar-refractivity contribution in [3.63, 3.8) is 0 Å². The van der Waals surface area contributed by atoms with Gasteiger partial charge in [0.05, 0.1) is 5.69 Å². The van der Waals surface area contributed by atoms with Crippen molar-refractivity contribution in [1.82, 2.24) is 5.43 Å². The van der Waals surface area contributed by atoms with E-state index in [9.17, 15) is 0 Å². The Bertz CT molecular complexity index is 628. The van der Waals surface area contributed by atoms with E-state index < -0.39 is 0 Å². The van der Waals surface area contributed by atoms with E-state index in [2.05, 4.69) is 16.2 Å². The molecule has 104 valence electrons. The number of aryl methyl sites for hydroxylation is 2. The highest BCUT2D eigenvalue weighted by atomic mass is 35.5. The summed E-state index contributed by atoms with van der Waals surface area (Å²) in [5, 5.41) is 4.27. The second-order valence-electron chi connectivity index (χ2n) is 4.48. The predicted molar refractivity (Wildman–Crippen MR) is 90.3 cm³/mol. The predicted octanol–water partition coefficient (Wildman–Crippen LogP) is 4.27. The summed E-state index contributed by atoms with van der Waals surface area (Å²) in [6.07, 6.45) is 0. The highest BCUT2D eigenvalue weighted by Gasteiger charge is 2.01. The van der Waals surface area contributed by atoms with Crippen molar-refractivity contribution in [3.8, 4) is 0 Å². The number of para-hydroxylation sites is 1. The minimum absolute atomic E-state index is 0.480. The minimum atomic E-state index is 0.480. The van der Waals surface area contributed by atoms with Gasteiger partial charge >= 0.3 is 0 Å². The summed E-state index contributed by atoms with van der Waals surface area (Å²) in [4.78, 5) is 0. The van der Waals surface area contributed by atoms with E-state index in [4.69, 9.17) is 23.8 Å². The van der Waals surface area contributed by atoms with Crippen LogP contribution in [-0.4, -0.2) is 5.11 Å². The van der Waals surface area contributed by atoms with Crippen LogP contribution in [0.2, 0.25) is 5.02 Å². The van der Waals surface area contributed by atoms with Gasteiger partial charge in [-0.2, -0.15) is 0 Å². The lowest BCUT2D eigenvalue weighted by molar-refractivity contribution is 1.13. The molecule has 0 saturated carbocycles. The van der Waals surface area contributed by atoms with Gasteiger partial charge in [-0.05, 0) is 55.4 Å². The Kier molecular flexibility index (Phi) is 4.82. The van der Waals surface area contributed by atoms with Gasteiger partial charge in [0.15, 0.2) is 5.11 Å². The number of nitrogens with one attached hydrogen (secondary N) is 3. The average molecular weight is 306 g/mol. The topological polar surface area (TPSA) is 36.1 Å². The van der Waals surface area contributed by atoms with Gasteiger partial charge in [-0.1, -0.05) is 35.9 Å². The van der Waals surface area contributed by atoms with Crippen LogP contribution in [0.1, 0.15) is 11.1 Å². The first-order chi connectivity index (χ1) is 9.56. The van der Waals surface area contributed by atoms with Crippen LogP contribution in [0, 0.1) is 13.8 Å². The molecule has 0 amide bonds. The second-order valence-corrected chi connectivity index (χ2v) is 5.30. The quantitative estimate of drug-likeness (QED) is 0.584. The van der Waals surface area contributed by atoms with Crippen LogP contribution in [0.4, 0.5) is 11.4 Å². The molecule has 0 aliphatic rings. The first-order valence-corrected chi connectivity index (χ1v) is 6.99. The third-order valence-corrected chi connectivity index (χ3v) is 3.50. The van der Waals surface area contributed by atoms with E-state index in [1.165, 1.54) is 0 Å². The van der Waals surface area contributed by atoms with Crippen LogP contribution >= 0.6 is 23.8 Å². The highest BCUT2D eigenvalue weighted by Crippen LogP contribution is 2.19. The van der Waals surface area contributed by atoms with Gasteiger partial charge in [-0.25, -0.2) is 0 Å². The summed E-state index contributed by atoms with van der Waals surface area (Å²) in [5.41, 5.74) is 10.0. The van der Waals surface area contributed by atoms with Gasteiger partial charge in [-0.15, -0.1) is 0 Å². The molecule has 0 radical (unpaired) electrons. The summed E-state index contributed by atoms with van der Waals surface area (Å²) in [5.74, 6) is 0. The Morgan fingerprint density at radius 1 is 1.05 bits per heavy atom. The van der Waals surface area contributed by atoms with E-state index in [-0.39, 0.29) is 0 Å². The summed E-state index contributed by atoms with van der Waals surface area (Å²) < 4.78 is 0. The van der Waals surface area contributed by atoms with E-state index in [1.807, 2.05) is 56.3 Å². The zero-order valence-electron chi connectivity index (χ0n) is 11.3. The molecule has 3 nitrogen and oxygen atoms in total. The number of benzene rings is 2. The molecule has 0 aromatic heterocycles. The van der Waals surface area contributed by atoms with Crippen LogP contribution in [-0.2, 0) is 0 Å². The molecule has 3 N–H and O–H groups in total. The van der Waals surface area contributed by atoms with Gasteiger partial charge in [-0.3, -0.25) is 10.9 Å². The van der Waals surface area contributed by atoms with E-state index >= 15 is 0 Å². The molecule has 0 aliphatic heterocycles. The molecule has 2 aromatic carbocycles. The maximum Gasteiger partial charge on any atom is 0.189 e. The van der Waals surface area contributed by atoms with E-state index in [0.29, 0.717) is 10.1 Å². The maximum atomic E-state index is 6.07. The average Bonchev–Trinajstić information content (AvgIpc) is 2.42. The number of thiocarbonyl (C=S) groups is 1. The first kappa shape index (κ1) is 14.6. The zero-order chi connectivity index (χ0) is 14.5. The number of hydrazine groups is 1. The lowest BCUT2D eigenvalue weighted by Gasteiger charge is -2.14. The van der Waals surface area contributed by atoms with Gasteiger partial charge in [0.1, 0.15) is 0 Å². The summed E-state index contributed by atoms with van der Waals surface area (Å²) in [6, 6.07) is 13.7. The summed E-state index contributed by atoms with van der Waals surface area (Å²) in [6.45, 7) is 3.99. The van der Waals surface area contributed by atoms with Crippen LogP contribution < -0.4 is 16.2 Å². The van der Waals surface area contributed by atoms with Gasteiger partial charge in [0, 0.05) is 10.7 Å². The summed E-state index contributed by atoms with van der Waals surface area (Å²) in [7, 11) is 0. The van der Waals surface area contributed by atoms with Crippen LogP contribution in [0.15, 0.2) is 42.5 Å². The smallest absolute Gasteiger partial charge is 0.189 e. The van der Waals surface area contributed by atoms with Crippen LogP contribution in [0.3, 0.4) is 0 Å². The molecule has 0 heterocycles. The Hall–Kier alpha value is -1.78. The van der Waals surface area contributed by atoms with Crippen molar-refractivity contribution in [3.05, 3.63) is 58.6 Å². The molecule has 2 aromatic rings. The molecule has 0 unspecified atom stereocenters. The Morgan fingerprint density at radius 2 is 1.80 bits per heavy atom. The fraction of sp³-hybridized carbons (Fsp3) is 0.133. The Labute approximate surface area is 129 Å². The van der Waals surface area contributed by atoms with E-state index in [1.54, 1.807) is 0 Å². The molecule has 0 aliphatic carbocycles. The van der Waals surface area contributed by atoms with Crippen LogP contribution in [0.5, 0.6) is 0 Å². The molecule has 0 fully saturated rings. The monoisotopic (exact) mass is 305 g/mol. The van der Waals surface area contributed by atoms with Gasteiger partial charge in [0.2, 0.25) is 0 Å². The SMILES string of the molecule is Cc1ccc(NC(=S)NNc2ccccc2C)cc1Cl. The number of hydrogen-bond acceptors (Lipinski definition) is 2. The molecule has 2 rings (SSSR count). The lowest BCUT2D eigenvalue weighted by atomic mass is 10.2. The number of halogens is 1. The third-order valence-electron chi connectivity index (χ3n) is 2.89. The Balaban J connectivity index is 1.93. The second kappa shape index (κ2) is 6.59. The zero-order valence-corrected chi connectivity index (χ0v) is 12.9. The standard InChI is InChI=1S/C15H16ClN3S/c1-10-7-8-12(9-13(10)16)17-15(20)19-18-14-6-4-3-5-11(14)2/h3-9,18H,1-2H3,(H2,17,19,20). The number of anilines is 2. The van der Waals surface area contributed by atoms with Crippen molar-refractivity contribution >= 4 is 40.3 Å².